The summed E-state index contributed by atoms with van der Waals surface area (Å²) in [5.74, 6) is 1.57. The lowest BCUT2D eigenvalue weighted by atomic mass is 10.1. The second-order valence-corrected chi connectivity index (χ2v) is 6.21. The van der Waals surface area contributed by atoms with Crippen molar-refractivity contribution in [1.82, 2.24) is 5.32 Å². The fourth-order valence-corrected chi connectivity index (χ4v) is 2.76. The van der Waals surface area contributed by atoms with Crippen molar-refractivity contribution in [3.8, 4) is 11.5 Å². The van der Waals surface area contributed by atoms with Gasteiger partial charge in [0.25, 0.3) is 0 Å². The molecular weight excluding hydrogens is 354 g/mol. The molecular formula is C19H24BrNO2. The standard InChI is InChI=1S/C19H24BrNO2/c1-3-11-23-19-13-17(20)16(12-18(19)22-2)14-21-10-9-15-7-5-4-6-8-15/h4-8,12-13,21H,3,9-11,14H2,1-2H3. The molecule has 2 rings (SSSR count). The first-order valence-corrected chi connectivity index (χ1v) is 8.77. The lowest BCUT2D eigenvalue weighted by Gasteiger charge is -2.14. The highest BCUT2D eigenvalue weighted by atomic mass is 79.9. The predicted octanol–water partition coefficient (Wildman–Crippen LogP) is 4.58. The molecule has 0 saturated carbocycles. The molecule has 1 N–H and O–H groups in total. The van der Waals surface area contributed by atoms with Crippen LogP contribution in [0.4, 0.5) is 0 Å². The Hall–Kier alpha value is -1.52. The van der Waals surface area contributed by atoms with Gasteiger partial charge in [-0.2, -0.15) is 0 Å². The maximum absolute atomic E-state index is 5.72. The van der Waals surface area contributed by atoms with Crippen molar-refractivity contribution in [3.05, 3.63) is 58.1 Å². The minimum atomic E-state index is 0.692. The van der Waals surface area contributed by atoms with Gasteiger partial charge in [-0.25, -0.2) is 0 Å². The van der Waals surface area contributed by atoms with Gasteiger partial charge in [-0.1, -0.05) is 53.2 Å². The van der Waals surface area contributed by atoms with Crippen LogP contribution in [0.2, 0.25) is 0 Å². The zero-order valence-corrected chi connectivity index (χ0v) is 15.4. The molecule has 4 heteroatoms. The summed E-state index contributed by atoms with van der Waals surface area (Å²) in [7, 11) is 1.68. The molecule has 0 fully saturated rings. The van der Waals surface area contributed by atoms with Crippen molar-refractivity contribution >= 4 is 15.9 Å². The van der Waals surface area contributed by atoms with E-state index in [9.17, 15) is 0 Å². The van der Waals surface area contributed by atoms with Crippen LogP contribution in [0.25, 0.3) is 0 Å². The molecule has 0 bridgehead atoms. The first kappa shape index (κ1) is 17.8. The molecule has 0 heterocycles. The SMILES string of the molecule is CCCOc1cc(Br)c(CNCCc2ccccc2)cc1OC. The third kappa shape index (κ3) is 5.56. The lowest BCUT2D eigenvalue weighted by molar-refractivity contribution is 0.294. The van der Waals surface area contributed by atoms with E-state index in [1.165, 1.54) is 11.1 Å². The van der Waals surface area contributed by atoms with Gasteiger partial charge in [0.15, 0.2) is 11.5 Å². The van der Waals surface area contributed by atoms with Crippen molar-refractivity contribution in [2.45, 2.75) is 26.3 Å². The number of rotatable bonds is 9. The molecule has 0 radical (unpaired) electrons. The lowest BCUT2D eigenvalue weighted by Crippen LogP contribution is -2.17. The van der Waals surface area contributed by atoms with Gasteiger partial charge in [0.05, 0.1) is 13.7 Å². The summed E-state index contributed by atoms with van der Waals surface area (Å²) in [6.07, 6.45) is 2.00. The van der Waals surface area contributed by atoms with Crippen LogP contribution < -0.4 is 14.8 Å². The maximum atomic E-state index is 5.72. The van der Waals surface area contributed by atoms with Gasteiger partial charge in [0.1, 0.15) is 0 Å². The molecule has 2 aromatic rings. The maximum Gasteiger partial charge on any atom is 0.162 e. The molecule has 0 spiro atoms. The van der Waals surface area contributed by atoms with Crippen LogP contribution in [-0.2, 0) is 13.0 Å². The summed E-state index contributed by atoms with van der Waals surface area (Å²) < 4.78 is 12.2. The van der Waals surface area contributed by atoms with E-state index in [0.29, 0.717) is 6.61 Å². The minimum Gasteiger partial charge on any atom is -0.493 e. The van der Waals surface area contributed by atoms with Gasteiger partial charge in [-0.05, 0) is 42.6 Å². The monoisotopic (exact) mass is 377 g/mol. The van der Waals surface area contributed by atoms with Crippen LogP contribution in [-0.4, -0.2) is 20.3 Å². The molecule has 3 nitrogen and oxygen atoms in total. The molecule has 0 amide bonds. The molecule has 0 aliphatic carbocycles. The minimum absolute atomic E-state index is 0.692. The van der Waals surface area contributed by atoms with Crippen LogP contribution >= 0.6 is 15.9 Å². The molecule has 2 aromatic carbocycles. The Balaban J connectivity index is 1.91. The Morgan fingerprint density at radius 1 is 1.09 bits per heavy atom. The van der Waals surface area contributed by atoms with Crippen LogP contribution in [0.1, 0.15) is 24.5 Å². The molecule has 23 heavy (non-hydrogen) atoms. The number of hydrogen-bond donors (Lipinski definition) is 1. The van der Waals surface area contributed by atoms with Gasteiger partial charge < -0.3 is 14.8 Å². The fraction of sp³-hybridized carbons (Fsp3) is 0.368. The normalized spacial score (nSPS) is 10.6. The summed E-state index contributed by atoms with van der Waals surface area (Å²) in [6.45, 7) is 4.51. The second-order valence-electron chi connectivity index (χ2n) is 5.36. The van der Waals surface area contributed by atoms with Gasteiger partial charge in [0, 0.05) is 11.0 Å². The topological polar surface area (TPSA) is 30.5 Å². The highest BCUT2D eigenvalue weighted by molar-refractivity contribution is 9.10. The van der Waals surface area contributed by atoms with Crippen LogP contribution in [0.15, 0.2) is 46.9 Å². The number of methoxy groups -OCH3 is 1. The van der Waals surface area contributed by atoms with Gasteiger partial charge in [0.2, 0.25) is 0 Å². The van der Waals surface area contributed by atoms with E-state index in [1.54, 1.807) is 7.11 Å². The van der Waals surface area contributed by atoms with E-state index in [-0.39, 0.29) is 0 Å². The molecule has 0 unspecified atom stereocenters. The first-order chi connectivity index (χ1) is 11.2. The fourth-order valence-electron chi connectivity index (χ4n) is 2.30. The molecule has 0 atom stereocenters. The predicted molar refractivity (Wildman–Crippen MR) is 98.3 cm³/mol. The first-order valence-electron chi connectivity index (χ1n) is 7.98. The summed E-state index contributed by atoms with van der Waals surface area (Å²) >= 11 is 3.62. The zero-order chi connectivity index (χ0) is 16.5. The summed E-state index contributed by atoms with van der Waals surface area (Å²) in [5.41, 5.74) is 2.51. The van der Waals surface area contributed by atoms with Gasteiger partial charge >= 0.3 is 0 Å². The van der Waals surface area contributed by atoms with Crippen LogP contribution in [0, 0.1) is 0 Å². The highest BCUT2D eigenvalue weighted by Crippen LogP contribution is 2.33. The molecule has 0 aliphatic heterocycles. The number of benzene rings is 2. The summed E-state index contributed by atoms with van der Waals surface area (Å²) in [6, 6.07) is 14.5. The Morgan fingerprint density at radius 3 is 2.57 bits per heavy atom. The smallest absolute Gasteiger partial charge is 0.162 e. The van der Waals surface area contributed by atoms with E-state index in [1.807, 2.05) is 18.2 Å². The number of nitrogens with one attached hydrogen (secondary N) is 1. The average molecular weight is 378 g/mol. The largest absolute Gasteiger partial charge is 0.493 e. The van der Waals surface area contributed by atoms with Gasteiger partial charge in [-0.15, -0.1) is 0 Å². The second kappa shape index (κ2) is 9.58. The van der Waals surface area contributed by atoms with Crippen LogP contribution in [0.5, 0.6) is 11.5 Å². The highest BCUT2D eigenvalue weighted by Gasteiger charge is 2.10. The van der Waals surface area contributed by atoms with E-state index < -0.39 is 0 Å². The van der Waals surface area contributed by atoms with Crippen LogP contribution in [0.3, 0.4) is 0 Å². The number of hydrogen-bond acceptors (Lipinski definition) is 3. The van der Waals surface area contributed by atoms with Crippen molar-refractivity contribution in [2.24, 2.45) is 0 Å². The summed E-state index contributed by atoms with van der Waals surface area (Å²) in [5, 5.41) is 3.48. The Kier molecular flexibility index (Phi) is 7.43. The molecule has 0 aliphatic rings. The molecule has 124 valence electrons. The molecule has 0 saturated heterocycles. The number of ether oxygens (including phenoxy) is 2. The van der Waals surface area contributed by atoms with E-state index in [0.717, 1.165) is 41.9 Å². The number of halogens is 1. The van der Waals surface area contributed by atoms with Crippen molar-refractivity contribution in [3.63, 3.8) is 0 Å². The van der Waals surface area contributed by atoms with Crippen molar-refractivity contribution in [1.29, 1.82) is 0 Å². The molecule has 0 aromatic heterocycles. The van der Waals surface area contributed by atoms with E-state index in [2.05, 4.69) is 52.4 Å². The quantitative estimate of drug-likeness (QED) is 0.648. The average Bonchev–Trinajstić information content (AvgIpc) is 2.59. The Bertz CT molecular complexity index is 602. The van der Waals surface area contributed by atoms with Gasteiger partial charge in [-0.3, -0.25) is 0 Å². The van der Waals surface area contributed by atoms with Crippen molar-refractivity contribution in [2.75, 3.05) is 20.3 Å². The van der Waals surface area contributed by atoms with E-state index in [4.69, 9.17) is 9.47 Å². The zero-order valence-electron chi connectivity index (χ0n) is 13.8. The third-order valence-electron chi connectivity index (χ3n) is 3.54. The Morgan fingerprint density at radius 2 is 1.87 bits per heavy atom. The Labute approximate surface area is 147 Å². The van der Waals surface area contributed by atoms with Crippen molar-refractivity contribution < 1.29 is 9.47 Å². The van der Waals surface area contributed by atoms with E-state index >= 15 is 0 Å². The third-order valence-corrected chi connectivity index (χ3v) is 4.28. The summed E-state index contributed by atoms with van der Waals surface area (Å²) in [4.78, 5) is 0.